The lowest BCUT2D eigenvalue weighted by molar-refractivity contribution is 0.447. The number of piperidine rings is 1. The maximum atomic E-state index is 3.24. The van der Waals surface area contributed by atoms with Crippen molar-refractivity contribution in [2.45, 2.75) is 19.8 Å². The summed E-state index contributed by atoms with van der Waals surface area (Å²) in [7, 11) is 0. The summed E-state index contributed by atoms with van der Waals surface area (Å²) in [5.74, 6) is 0.829. The van der Waals surface area contributed by atoms with Crippen molar-refractivity contribution in [3.63, 3.8) is 0 Å². The highest BCUT2D eigenvalue weighted by atomic mass is 15.1. The molecule has 1 fully saturated rings. The van der Waals surface area contributed by atoms with Crippen molar-refractivity contribution in [3.05, 3.63) is 30.5 Å². The van der Waals surface area contributed by atoms with Crippen molar-refractivity contribution in [1.82, 2.24) is 4.98 Å². The van der Waals surface area contributed by atoms with Crippen LogP contribution in [0.1, 0.15) is 19.8 Å². The highest BCUT2D eigenvalue weighted by Crippen LogP contribution is 2.25. The number of hydrogen-bond acceptors (Lipinski definition) is 1. The van der Waals surface area contributed by atoms with Gasteiger partial charge in [0.25, 0.3) is 0 Å². The predicted octanol–water partition coefficient (Wildman–Crippen LogP) is 3.40. The number of aromatic amines is 1. The van der Waals surface area contributed by atoms with Gasteiger partial charge in [-0.2, -0.15) is 0 Å². The Morgan fingerprint density at radius 1 is 1.31 bits per heavy atom. The minimum Gasteiger partial charge on any atom is -0.371 e. The molecule has 1 aliphatic rings. The van der Waals surface area contributed by atoms with Crippen LogP contribution in [0.2, 0.25) is 0 Å². The highest BCUT2D eigenvalue weighted by Gasteiger charge is 2.16. The third kappa shape index (κ3) is 1.69. The molecule has 0 spiro atoms. The van der Waals surface area contributed by atoms with Gasteiger partial charge in [0.2, 0.25) is 0 Å². The molecule has 2 heteroatoms. The Kier molecular flexibility index (Phi) is 2.35. The van der Waals surface area contributed by atoms with Crippen molar-refractivity contribution in [2.24, 2.45) is 5.92 Å². The van der Waals surface area contributed by atoms with Crippen LogP contribution in [-0.4, -0.2) is 18.1 Å². The first-order chi connectivity index (χ1) is 7.83. The van der Waals surface area contributed by atoms with E-state index < -0.39 is 0 Å². The van der Waals surface area contributed by atoms with Gasteiger partial charge in [0.05, 0.1) is 0 Å². The molecule has 1 aliphatic heterocycles. The fourth-order valence-corrected chi connectivity index (χ4v) is 2.66. The smallest absolute Gasteiger partial charge is 0.0455 e. The fraction of sp³-hybridized carbons (Fsp3) is 0.429. The minimum atomic E-state index is 0.829. The molecular weight excluding hydrogens is 196 g/mol. The highest BCUT2D eigenvalue weighted by molar-refractivity contribution is 5.83. The van der Waals surface area contributed by atoms with Crippen molar-refractivity contribution in [1.29, 1.82) is 0 Å². The number of fused-ring (bicyclic) bond motifs is 1. The standard InChI is InChI=1S/C14H18N2/c1-11-3-2-8-16(10-11)13-4-5-14-12(9-13)6-7-15-14/h4-7,9,11,15H,2-3,8,10H2,1H3. The summed E-state index contributed by atoms with van der Waals surface area (Å²) in [6.07, 6.45) is 4.71. The average molecular weight is 214 g/mol. The molecule has 84 valence electrons. The summed E-state index contributed by atoms with van der Waals surface area (Å²) in [5, 5.41) is 1.32. The topological polar surface area (TPSA) is 19.0 Å². The molecular formula is C14H18N2. The number of nitrogens with zero attached hydrogens (tertiary/aromatic N) is 1. The fourth-order valence-electron chi connectivity index (χ4n) is 2.66. The lowest BCUT2D eigenvalue weighted by Crippen LogP contribution is -2.34. The van der Waals surface area contributed by atoms with Gasteiger partial charge in [-0.25, -0.2) is 0 Å². The second-order valence-corrected chi connectivity index (χ2v) is 4.94. The summed E-state index contributed by atoms with van der Waals surface area (Å²) in [6.45, 7) is 4.76. The quantitative estimate of drug-likeness (QED) is 0.770. The summed E-state index contributed by atoms with van der Waals surface area (Å²) < 4.78 is 0. The normalized spacial score (nSPS) is 21.6. The second kappa shape index (κ2) is 3.85. The summed E-state index contributed by atoms with van der Waals surface area (Å²) in [5.41, 5.74) is 2.60. The Balaban J connectivity index is 1.92. The van der Waals surface area contributed by atoms with E-state index in [1.165, 1.54) is 42.5 Å². The third-order valence-corrected chi connectivity index (χ3v) is 3.56. The zero-order valence-corrected chi connectivity index (χ0v) is 9.74. The van der Waals surface area contributed by atoms with Crippen LogP contribution in [-0.2, 0) is 0 Å². The zero-order chi connectivity index (χ0) is 11.0. The number of rotatable bonds is 1. The lowest BCUT2D eigenvalue weighted by atomic mass is 9.99. The van der Waals surface area contributed by atoms with Gasteiger partial charge in [-0.15, -0.1) is 0 Å². The average Bonchev–Trinajstić information content (AvgIpc) is 2.75. The molecule has 1 saturated heterocycles. The molecule has 1 unspecified atom stereocenters. The SMILES string of the molecule is CC1CCCN(c2ccc3[nH]ccc3c2)C1. The number of nitrogens with one attached hydrogen (secondary N) is 1. The first-order valence-corrected chi connectivity index (χ1v) is 6.15. The number of benzene rings is 1. The Morgan fingerprint density at radius 2 is 2.25 bits per heavy atom. The molecule has 2 aromatic rings. The van der Waals surface area contributed by atoms with Crippen molar-refractivity contribution >= 4 is 16.6 Å². The van der Waals surface area contributed by atoms with Gasteiger partial charge in [0.1, 0.15) is 0 Å². The molecule has 3 rings (SSSR count). The largest absolute Gasteiger partial charge is 0.371 e. The third-order valence-electron chi connectivity index (χ3n) is 3.56. The molecule has 2 heterocycles. The molecule has 1 atom stereocenters. The first kappa shape index (κ1) is 9.76. The molecule has 0 aliphatic carbocycles. The Morgan fingerprint density at radius 3 is 3.12 bits per heavy atom. The van der Waals surface area contributed by atoms with Crippen LogP contribution in [0.4, 0.5) is 5.69 Å². The van der Waals surface area contributed by atoms with Gasteiger partial charge in [0.15, 0.2) is 0 Å². The van der Waals surface area contributed by atoms with E-state index >= 15 is 0 Å². The van der Waals surface area contributed by atoms with Crippen LogP contribution >= 0.6 is 0 Å². The van der Waals surface area contributed by atoms with E-state index in [2.05, 4.69) is 41.1 Å². The van der Waals surface area contributed by atoms with E-state index in [0.717, 1.165) is 5.92 Å². The predicted molar refractivity (Wildman–Crippen MR) is 68.9 cm³/mol. The van der Waals surface area contributed by atoms with E-state index in [0.29, 0.717) is 0 Å². The molecule has 0 bridgehead atoms. The number of anilines is 1. The first-order valence-electron chi connectivity index (χ1n) is 6.15. The van der Waals surface area contributed by atoms with Gasteiger partial charge >= 0.3 is 0 Å². The molecule has 0 radical (unpaired) electrons. The summed E-state index contributed by atoms with van der Waals surface area (Å²) >= 11 is 0. The molecule has 0 saturated carbocycles. The maximum absolute atomic E-state index is 3.24. The number of aromatic nitrogens is 1. The second-order valence-electron chi connectivity index (χ2n) is 4.94. The van der Waals surface area contributed by atoms with E-state index in [4.69, 9.17) is 0 Å². The Hall–Kier alpha value is -1.44. The monoisotopic (exact) mass is 214 g/mol. The molecule has 1 aromatic heterocycles. The van der Waals surface area contributed by atoms with Crippen LogP contribution in [0.5, 0.6) is 0 Å². The summed E-state index contributed by atoms with van der Waals surface area (Å²) in [4.78, 5) is 5.75. The van der Waals surface area contributed by atoms with Crippen LogP contribution < -0.4 is 4.90 Å². The van der Waals surface area contributed by atoms with Crippen LogP contribution in [0.3, 0.4) is 0 Å². The van der Waals surface area contributed by atoms with E-state index in [9.17, 15) is 0 Å². The van der Waals surface area contributed by atoms with Gasteiger partial charge in [-0.1, -0.05) is 6.92 Å². The molecule has 1 N–H and O–H groups in total. The van der Waals surface area contributed by atoms with Gasteiger partial charge < -0.3 is 9.88 Å². The number of H-pyrrole nitrogens is 1. The van der Waals surface area contributed by atoms with Crippen LogP contribution in [0, 0.1) is 5.92 Å². The molecule has 2 nitrogen and oxygen atoms in total. The summed E-state index contributed by atoms with van der Waals surface area (Å²) in [6, 6.07) is 8.86. The van der Waals surface area contributed by atoms with E-state index in [1.807, 2.05) is 6.20 Å². The lowest BCUT2D eigenvalue weighted by Gasteiger charge is -2.32. The van der Waals surface area contributed by atoms with Crippen molar-refractivity contribution in [3.8, 4) is 0 Å². The molecule has 0 amide bonds. The van der Waals surface area contributed by atoms with Crippen molar-refractivity contribution < 1.29 is 0 Å². The Labute approximate surface area is 96.3 Å². The maximum Gasteiger partial charge on any atom is 0.0455 e. The van der Waals surface area contributed by atoms with Gasteiger partial charge in [-0.3, -0.25) is 0 Å². The van der Waals surface area contributed by atoms with E-state index in [-0.39, 0.29) is 0 Å². The van der Waals surface area contributed by atoms with Crippen LogP contribution in [0.25, 0.3) is 10.9 Å². The zero-order valence-electron chi connectivity index (χ0n) is 9.74. The molecule has 1 aromatic carbocycles. The Bertz CT molecular complexity index is 486. The number of hydrogen-bond donors (Lipinski definition) is 1. The van der Waals surface area contributed by atoms with E-state index in [1.54, 1.807) is 0 Å². The molecule has 16 heavy (non-hydrogen) atoms. The van der Waals surface area contributed by atoms with Gasteiger partial charge in [0, 0.05) is 35.9 Å². The van der Waals surface area contributed by atoms with Crippen LogP contribution in [0.15, 0.2) is 30.5 Å². The van der Waals surface area contributed by atoms with Gasteiger partial charge in [-0.05, 0) is 43.0 Å². The van der Waals surface area contributed by atoms with Crippen molar-refractivity contribution in [2.75, 3.05) is 18.0 Å². The minimum absolute atomic E-state index is 0.829.